The molecule has 0 radical (unpaired) electrons. The molecule has 2 rings (SSSR count). The van der Waals surface area contributed by atoms with E-state index in [1.807, 2.05) is 29.2 Å². The number of methoxy groups -OCH3 is 1. The minimum atomic E-state index is -0.800. The van der Waals surface area contributed by atoms with Crippen molar-refractivity contribution in [1.29, 1.82) is 0 Å². The van der Waals surface area contributed by atoms with E-state index in [2.05, 4.69) is 0 Å². The van der Waals surface area contributed by atoms with Crippen molar-refractivity contribution in [3.63, 3.8) is 0 Å². The van der Waals surface area contributed by atoms with Crippen molar-refractivity contribution in [2.75, 3.05) is 13.7 Å². The highest BCUT2D eigenvalue weighted by Gasteiger charge is 2.26. The zero-order valence-electron chi connectivity index (χ0n) is 13.0. The third-order valence-corrected chi connectivity index (χ3v) is 4.13. The summed E-state index contributed by atoms with van der Waals surface area (Å²) in [4.78, 5) is 25.2. The summed E-state index contributed by atoms with van der Waals surface area (Å²) in [7, 11) is 1.60. The lowest BCUT2D eigenvalue weighted by molar-refractivity contribution is -0.139. The Balaban J connectivity index is 2.00. The Morgan fingerprint density at radius 3 is 2.91 bits per heavy atom. The summed E-state index contributed by atoms with van der Waals surface area (Å²) in [6.45, 7) is 0.729. The smallest absolute Gasteiger partial charge is 0.303 e. The van der Waals surface area contributed by atoms with Crippen LogP contribution in [-0.2, 0) is 16.0 Å². The lowest BCUT2D eigenvalue weighted by Crippen LogP contribution is -2.44. The fraction of sp³-hybridized carbons (Fsp3) is 0.529. The molecule has 1 aliphatic rings. The van der Waals surface area contributed by atoms with Crippen molar-refractivity contribution in [2.45, 2.75) is 44.6 Å². The van der Waals surface area contributed by atoms with Gasteiger partial charge in [0.1, 0.15) is 5.75 Å². The summed E-state index contributed by atoms with van der Waals surface area (Å²) in [5, 5.41) is 8.84. The Labute approximate surface area is 130 Å². The van der Waals surface area contributed by atoms with Crippen LogP contribution in [0, 0.1) is 0 Å². The summed E-state index contributed by atoms with van der Waals surface area (Å²) >= 11 is 0. The van der Waals surface area contributed by atoms with Crippen LogP contribution >= 0.6 is 0 Å². The lowest BCUT2D eigenvalue weighted by Gasteiger charge is -2.35. The Morgan fingerprint density at radius 2 is 2.18 bits per heavy atom. The first kappa shape index (κ1) is 16.3. The van der Waals surface area contributed by atoms with Gasteiger partial charge in [0.05, 0.1) is 13.5 Å². The van der Waals surface area contributed by atoms with E-state index in [1.54, 1.807) is 7.11 Å². The molecular formula is C17H23NO4. The molecule has 22 heavy (non-hydrogen) atoms. The molecular weight excluding hydrogens is 282 g/mol. The maximum Gasteiger partial charge on any atom is 0.303 e. The van der Waals surface area contributed by atoms with E-state index < -0.39 is 5.97 Å². The minimum Gasteiger partial charge on any atom is -0.497 e. The van der Waals surface area contributed by atoms with Gasteiger partial charge in [-0.25, -0.2) is 0 Å². The fourth-order valence-electron chi connectivity index (χ4n) is 2.98. The molecule has 1 aromatic rings. The van der Waals surface area contributed by atoms with Crippen molar-refractivity contribution in [3.8, 4) is 5.75 Å². The number of carbonyl (C=O) groups is 2. The summed E-state index contributed by atoms with van der Waals surface area (Å²) < 4.78 is 5.18. The number of carbonyl (C=O) groups excluding carboxylic acids is 1. The number of amides is 1. The topological polar surface area (TPSA) is 66.8 Å². The Bertz CT molecular complexity index is 529. The molecule has 1 amide bonds. The van der Waals surface area contributed by atoms with Gasteiger partial charge in [0.2, 0.25) is 5.91 Å². The highest BCUT2D eigenvalue weighted by Crippen LogP contribution is 2.22. The number of benzene rings is 1. The van der Waals surface area contributed by atoms with Crippen LogP contribution in [0.5, 0.6) is 5.75 Å². The molecule has 1 aromatic carbocycles. The molecule has 0 saturated carbocycles. The van der Waals surface area contributed by atoms with Crippen LogP contribution in [0.1, 0.15) is 37.7 Å². The molecule has 0 unspecified atom stereocenters. The average Bonchev–Trinajstić information content (AvgIpc) is 2.53. The molecule has 5 heteroatoms. The molecule has 0 spiro atoms. The first-order valence-corrected chi connectivity index (χ1v) is 7.74. The lowest BCUT2D eigenvalue weighted by atomic mass is 9.97. The molecule has 1 saturated heterocycles. The molecule has 1 heterocycles. The molecule has 0 aliphatic carbocycles. The number of aliphatic carboxylic acids is 1. The Morgan fingerprint density at radius 1 is 1.36 bits per heavy atom. The van der Waals surface area contributed by atoms with Crippen LogP contribution in [0.15, 0.2) is 24.3 Å². The predicted molar refractivity (Wildman–Crippen MR) is 82.9 cm³/mol. The van der Waals surface area contributed by atoms with E-state index >= 15 is 0 Å². The number of hydrogen-bond donors (Lipinski definition) is 1. The fourth-order valence-corrected chi connectivity index (χ4v) is 2.98. The van der Waals surface area contributed by atoms with Crippen molar-refractivity contribution in [2.24, 2.45) is 0 Å². The van der Waals surface area contributed by atoms with Gasteiger partial charge in [-0.2, -0.15) is 0 Å². The zero-order chi connectivity index (χ0) is 15.9. The van der Waals surface area contributed by atoms with Crippen LogP contribution in [0.2, 0.25) is 0 Å². The quantitative estimate of drug-likeness (QED) is 0.877. The first-order valence-electron chi connectivity index (χ1n) is 7.74. The van der Waals surface area contributed by atoms with Crippen LogP contribution in [0.4, 0.5) is 0 Å². The van der Waals surface area contributed by atoms with Gasteiger partial charge in [-0.3, -0.25) is 9.59 Å². The highest BCUT2D eigenvalue weighted by atomic mass is 16.5. The maximum absolute atomic E-state index is 12.6. The molecule has 0 bridgehead atoms. The van der Waals surface area contributed by atoms with Gasteiger partial charge in [0.25, 0.3) is 0 Å². The number of ether oxygens (including phenoxy) is 1. The summed E-state index contributed by atoms with van der Waals surface area (Å²) in [5.41, 5.74) is 0.923. The van der Waals surface area contributed by atoms with Crippen molar-refractivity contribution in [3.05, 3.63) is 29.8 Å². The number of carboxylic acids is 1. The molecule has 0 aromatic heterocycles. The number of carboxylic acid groups (broad SMARTS) is 1. The number of likely N-dealkylation sites (tertiary alicyclic amines) is 1. The zero-order valence-corrected chi connectivity index (χ0v) is 13.0. The third-order valence-electron chi connectivity index (χ3n) is 4.13. The van der Waals surface area contributed by atoms with Crippen molar-refractivity contribution < 1.29 is 19.4 Å². The van der Waals surface area contributed by atoms with Gasteiger partial charge in [-0.1, -0.05) is 12.1 Å². The molecule has 1 fully saturated rings. The van der Waals surface area contributed by atoms with Crippen molar-refractivity contribution in [1.82, 2.24) is 4.90 Å². The monoisotopic (exact) mass is 305 g/mol. The standard InChI is InChI=1S/C17H23NO4/c1-22-15-7-4-5-13(11-15)12-16(19)18-10-3-2-6-14(18)8-9-17(20)21/h4-5,7,11,14H,2-3,6,8-10,12H2,1H3,(H,20,21)/t14-/m0/s1. The van der Waals surface area contributed by atoms with E-state index in [-0.39, 0.29) is 18.4 Å². The van der Waals surface area contributed by atoms with Crippen LogP contribution in [-0.4, -0.2) is 41.6 Å². The van der Waals surface area contributed by atoms with Gasteiger partial charge in [0.15, 0.2) is 0 Å². The van der Waals surface area contributed by atoms with E-state index in [1.165, 1.54) is 0 Å². The van der Waals surface area contributed by atoms with Gasteiger partial charge in [-0.05, 0) is 43.4 Å². The van der Waals surface area contributed by atoms with Crippen LogP contribution in [0.25, 0.3) is 0 Å². The second-order valence-electron chi connectivity index (χ2n) is 5.70. The largest absolute Gasteiger partial charge is 0.497 e. The minimum absolute atomic E-state index is 0.0583. The molecule has 5 nitrogen and oxygen atoms in total. The summed E-state index contributed by atoms with van der Waals surface area (Å²) in [6.07, 6.45) is 3.95. The average molecular weight is 305 g/mol. The van der Waals surface area contributed by atoms with Crippen molar-refractivity contribution >= 4 is 11.9 Å². The number of nitrogens with zero attached hydrogens (tertiary/aromatic N) is 1. The third kappa shape index (κ3) is 4.48. The molecule has 120 valence electrons. The van der Waals surface area contributed by atoms with E-state index in [9.17, 15) is 9.59 Å². The molecule has 1 aliphatic heterocycles. The van der Waals surface area contributed by atoms with Gasteiger partial charge in [0, 0.05) is 19.0 Å². The highest BCUT2D eigenvalue weighted by molar-refractivity contribution is 5.79. The predicted octanol–water partition coefficient (Wildman–Crippen LogP) is 2.48. The van der Waals surface area contributed by atoms with E-state index in [0.717, 1.165) is 37.1 Å². The number of piperidine rings is 1. The SMILES string of the molecule is COc1cccc(CC(=O)N2CCCC[C@H]2CCC(=O)O)c1. The summed E-state index contributed by atoms with van der Waals surface area (Å²) in [5.74, 6) is 0.0143. The van der Waals surface area contributed by atoms with Gasteiger partial charge >= 0.3 is 5.97 Å². The molecule has 1 atom stereocenters. The van der Waals surface area contributed by atoms with E-state index in [4.69, 9.17) is 9.84 Å². The van der Waals surface area contributed by atoms with Gasteiger partial charge < -0.3 is 14.7 Å². The molecule has 1 N–H and O–H groups in total. The summed E-state index contributed by atoms with van der Waals surface area (Å²) in [6, 6.07) is 7.57. The number of rotatable bonds is 6. The number of hydrogen-bond acceptors (Lipinski definition) is 3. The maximum atomic E-state index is 12.6. The second-order valence-corrected chi connectivity index (χ2v) is 5.70. The first-order chi connectivity index (χ1) is 10.6. The second kappa shape index (κ2) is 7.82. The van der Waals surface area contributed by atoms with E-state index in [0.29, 0.717) is 12.8 Å². The normalized spacial score (nSPS) is 18.0. The van der Waals surface area contributed by atoms with Crippen LogP contribution in [0.3, 0.4) is 0 Å². The van der Waals surface area contributed by atoms with Gasteiger partial charge in [-0.15, -0.1) is 0 Å². The Kier molecular flexibility index (Phi) is 5.81. The Hall–Kier alpha value is -2.04. The van der Waals surface area contributed by atoms with Crippen LogP contribution < -0.4 is 4.74 Å².